The lowest BCUT2D eigenvalue weighted by Gasteiger charge is -2.36. The summed E-state index contributed by atoms with van der Waals surface area (Å²) in [6.07, 6.45) is 3.35. The molecule has 0 radical (unpaired) electrons. The molecular weight excluding hydrogens is 501 g/mol. The third-order valence-electron chi connectivity index (χ3n) is 7.19. The van der Waals surface area contributed by atoms with Gasteiger partial charge in [0, 0.05) is 30.4 Å². The molecule has 1 aliphatic rings. The number of carbonyl (C=O) groups is 1. The van der Waals surface area contributed by atoms with Gasteiger partial charge in [0.05, 0.1) is 28.2 Å². The Balaban J connectivity index is 1.34. The molecule has 4 heterocycles. The maximum Gasteiger partial charge on any atom is 0.255 e. The Morgan fingerprint density at radius 2 is 1.84 bits per heavy atom. The molecule has 38 heavy (non-hydrogen) atoms. The Hall–Kier alpha value is -4.08. The van der Waals surface area contributed by atoms with Crippen LogP contribution in [0.4, 0.5) is 15.8 Å². The van der Waals surface area contributed by atoms with E-state index in [2.05, 4.69) is 10.3 Å². The summed E-state index contributed by atoms with van der Waals surface area (Å²) in [5.41, 5.74) is 10.9. The van der Waals surface area contributed by atoms with Crippen LogP contribution in [0.5, 0.6) is 0 Å². The minimum absolute atomic E-state index is 0.220. The monoisotopic (exact) mass is 527 g/mol. The summed E-state index contributed by atoms with van der Waals surface area (Å²) in [5, 5.41) is 5.86. The second-order valence-corrected chi connectivity index (χ2v) is 10.3. The summed E-state index contributed by atoms with van der Waals surface area (Å²) >= 11 is 1.59. The van der Waals surface area contributed by atoms with E-state index in [1.165, 1.54) is 6.07 Å². The molecule has 0 saturated carbocycles. The molecule has 0 aliphatic carbocycles. The predicted molar refractivity (Wildman–Crippen MR) is 147 cm³/mol. The molecule has 1 aliphatic heterocycles. The smallest absolute Gasteiger partial charge is 0.255 e. The Kier molecular flexibility index (Phi) is 6.17. The van der Waals surface area contributed by atoms with Crippen LogP contribution in [0, 0.1) is 12.7 Å². The second-order valence-electron chi connectivity index (χ2n) is 9.45. The molecule has 5 aromatic rings. The fourth-order valence-electron chi connectivity index (χ4n) is 5.15. The number of para-hydroxylation sites is 2. The van der Waals surface area contributed by atoms with Gasteiger partial charge >= 0.3 is 0 Å². The lowest BCUT2D eigenvalue weighted by atomic mass is 9.74. The number of amides is 1. The molecule has 2 aromatic carbocycles. The number of carbonyl (C=O) groups excluding carboxylic acids is 1. The van der Waals surface area contributed by atoms with Crippen LogP contribution in [0.25, 0.3) is 17.0 Å². The molecule has 6 rings (SSSR count). The summed E-state index contributed by atoms with van der Waals surface area (Å²) in [4.78, 5) is 22.4. The predicted octanol–water partition coefficient (Wildman–Crippen LogP) is 5.84. The van der Waals surface area contributed by atoms with Gasteiger partial charge in [-0.05, 0) is 61.7 Å². The lowest BCUT2D eigenvalue weighted by molar-refractivity contribution is 0.0630. The number of benzene rings is 2. The number of aryl methyl sites for hydroxylation is 1. The average molecular weight is 528 g/mol. The van der Waals surface area contributed by atoms with E-state index in [-0.39, 0.29) is 17.1 Å². The number of thiazole rings is 1. The number of nitrogen functional groups attached to an aromatic ring is 1. The van der Waals surface area contributed by atoms with Crippen molar-refractivity contribution in [2.45, 2.75) is 25.2 Å². The number of halogens is 1. The molecular formula is C29H26FN5O2S. The number of hydrogen-bond donors (Lipinski definition) is 2. The topological polar surface area (TPSA) is 94.5 Å². The van der Waals surface area contributed by atoms with Crippen LogP contribution < -0.4 is 11.1 Å². The highest BCUT2D eigenvalue weighted by Gasteiger charge is 2.39. The lowest BCUT2D eigenvalue weighted by Crippen LogP contribution is -2.35. The van der Waals surface area contributed by atoms with E-state index in [1.807, 2.05) is 54.9 Å². The molecule has 0 atom stereocenters. The third-order valence-corrected chi connectivity index (χ3v) is 8.23. The molecule has 0 spiro atoms. The Morgan fingerprint density at radius 1 is 1.08 bits per heavy atom. The van der Waals surface area contributed by atoms with Crippen LogP contribution in [0.15, 0.2) is 72.2 Å². The van der Waals surface area contributed by atoms with Crippen molar-refractivity contribution in [2.75, 3.05) is 24.3 Å². The summed E-state index contributed by atoms with van der Waals surface area (Å²) in [5.74, 6) is -0.584. The largest absolute Gasteiger partial charge is 0.397 e. The highest BCUT2D eigenvalue weighted by molar-refractivity contribution is 7.10. The highest BCUT2D eigenvalue weighted by atomic mass is 32.1. The van der Waals surface area contributed by atoms with E-state index in [4.69, 9.17) is 15.5 Å². The minimum atomic E-state index is -0.364. The van der Waals surface area contributed by atoms with Gasteiger partial charge in [0.15, 0.2) is 11.5 Å². The zero-order valence-electron chi connectivity index (χ0n) is 20.8. The van der Waals surface area contributed by atoms with Crippen LogP contribution in [-0.4, -0.2) is 33.5 Å². The number of fused-ring (bicyclic) bond motifs is 1. The van der Waals surface area contributed by atoms with Crippen molar-refractivity contribution in [3.63, 3.8) is 0 Å². The van der Waals surface area contributed by atoms with Gasteiger partial charge in [-0.3, -0.25) is 9.20 Å². The van der Waals surface area contributed by atoms with Gasteiger partial charge < -0.3 is 15.8 Å². The molecule has 0 unspecified atom stereocenters. The van der Waals surface area contributed by atoms with Gasteiger partial charge in [-0.15, -0.1) is 11.3 Å². The SMILES string of the molecule is Cc1nc2c(F)cccn2c1-c1csc(C2(c3ccc(C(=O)Nc4ccccc4N)cc3)CCOCC2)n1. The van der Waals surface area contributed by atoms with Crippen LogP contribution in [0.3, 0.4) is 0 Å². The normalized spacial score (nSPS) is 15.0. The van der Waals surface area contributed by atoms with Gasteiger partial charge in [-0.1, -0.05) is 24.3 Å². The third kappa shape index (κ3) is 4.13. The van der Waals surface area contributed by atoms with Gasteiger partial charge in [0.1, 0.15) is 10.7 Å². The zero-order valence-corrected chi connectivity index (χ0v) is 21.6. The highest BCUT2D eigenvalue weighted by Crippen LogP contribution is 2.44. The van der Waals surface area contributed by atoms with E-state index < -0.39 is 0 Å². The van der Waals surface area contributed by atoms with Crippen molar-refractivity contribution in [1.82, 2.24) is 14.4 Å². The van der Waals surface area contributed by atoms with Crippen molar-refractivity contribution >= 4 is 34.3 Å². The van der Waals surface area contributed by atoms with E-state index >= 15 is 0 Å². The van der Waals surface area contributed by atoms with E-state index in [1.54, 1.807) is 33.9 Å². The maximum atomic E-state index is 14.4. The van der Waals surface area contributed by atoms with Gasteiger partial charge in [0.2, 0.25) is 0 Å². The first-order valence-corrected chi connectivity index (χ1v) is 13.3. The number of hydrogen-bond acceptors (Lipinski definition) is 6. The number of rotatable bonds is 5. The molecule has 7 nitrogen and oxygen atoms in total. The minimum Gasteiger partial charge on any atom is -0.397 e. The first-order chi connectivity index (χ1) is 18.5. The molecule has 192 valence electrons. The molecule has 0 bridgehead atoms. The van der Waals surface area contributed by atoms with Crippen LogP contribution in [0.1, 0.15) is 39.5 Å². The van der Waals surface area contributed by atoms with Crippen molar-refractivity contribution in [1.29, 1.82) is 0 Å². The number of nitrogens with one attached hydrogen (secondary N) is 1. The van der Waals surface area contributed by atoms with Crippen LogP contribution in [0.2, 0.25) is 0 Å². The number of anilines is 2. The Labute approximate surface area is 223 Å². The van der Waals surface area contributed by atoms with E-state index in [0.29, 0.717) is 35.8 Å². The fraction of sp³-hybridized carbons (Fsp3) is 0.207. The summed E-state index contributed by atoms with van der Waals surface area (Å²) in [6.45, 7) is 3.10. The van der Waals surface area contributed by atoms with E-state index in [9.17, 15) is 9.18 Å². The molecule has 1 amide bonds. The Bertz CT molecular complexity index is 1640. The van der Waals surface area contributed by atoms with Crippen molar-refractivity contribution in [3.05, 3.63) is 99.9 Å². The molecule has 9 heteroatoms. The van der Waals surface area contributed by atoms with E-state index in [0.717, 1.165) is 40.5 Å². The van der Waals surface area contributed by atoms with Crippen molar-refractivity contribution in [3.8, 4) is 11.4 Å². The summed E-state index contributed by atoms with van der Waals surface area (Å²) < 4.78 is 21.8. The summed E-state index contributed by atoms with van der Waals surface area (Å²) in [7, 11) is 0. The Morgan fingerprint density at radius 3 is 2.61 bits per heavy atom. The number of nitrogens with zero attached hydrogens (tertiary/aromatic N) is 3. The summed E-state index contributed by atoms with van der Waals surface area (Å²) in [6, 6.07) is 18.0. The van der Waals surface area contributed by atoms with Gasteiger partial charge in [0.25, 0.3) is 5.91 Å². The van der Waals surface area contributed by atoms with Crippen LogP contribution in [-0.2, 0) is 10.2 Å². The first kappa shape index (κ1) is 24.3. The standard InChI is InChI=1S/C29H26FN5O2S/c1-18-25(35-14-4-5-21(30)26(35)32-18)24-17-38-28(34-24)29(12-15-37-16-13-29)20-10-8-19(9-11-20)27(36)33-23-7-3-2-6-22(23)31/h2-11,14,17H,12-13,15-16,31H2,1H3,(H,33,36). The first-order valence-electron chi connectivity index (χ1n) is 12.4. The number of imidazole rings is 1. The number of ether oxygens (including phenoxy) is 1. The number of aromatic nitrogens is 3. The van der Waals surface area contributed by atoms with Crippen molar-refractivity contribution < 1.29 is 13.9 Å². The fourth-order valence-corrected chi connectivity index (χ4v) is 6.24. The molecule has 3 aromatic heterocycles. The zero-order chi connectivity index (χ0) is 26.3. The van der Waals surface area contributed by atoms with Gasteiger partial charge in [-0.25, -0.2) is 14.4 Å². The van der Waals surface area contributed by atoms with Crippen LogP contribution >= 0.6 is 11.3 Å². The molecule has 1 saturated heterocycles. The quantitative estimate of drug-likeness (QED) is 0.280. The number of nitrogens with two attached hydrogens (primary N) is 1. The maximum absolute atomic E-state index is 14.4. The molecule has 1 fully saturated rings. The molecule has 3 N–H and O–H groups in total. The average Bonchev–Trinajstić information content (AvgIpc) is 3.55. The number of pyridine rings is 1. The van der Waals surface area contributed by atoms with Crippen molar-refractivity contribution in [2.24, 2.45) is 0 Å². The second kappa shape index (κ2) is 9.66. The van der Waals surface area contributed by atoms with Gasteiger partial charge in [-0.2, -0.15) is 0 Å².